The van der Waals surface area contributed by atoms with Gasteiger partial charge in [-0.1, -0.05) is 58.4 Å². The lowest BCUT2D eigenvalue weighted by Gasteiger charge is -2.22. The summed E-state index contributed by atoms with van der Waals surface area (Å²) in [5.41, 5.74) is 3.12. The summed E-state index contributed by atoms with van der Waals surface area (Å²) in [6.07, 6.45) is 1.28. The van der Waals surface area contributed by atoms with E-state index in [4.69, 9.17) is 9.47 Å². The van der Waals surface area contributed by atoms with Crippen molar-refractivity contribution in [1.29, 1.82) is 0 Å². The Morgan fingerprint density at radius 3 is 2.56 bits per heavy atom. The Morgan fingerprint density at radius 2 is 1.88 bits per heavy atom. The zero-order chi connectivity index (χ0) is 22.5. The predicted octanol–water partition coefficient (Wildman–Crippen LogP) is 5.03. The minimum Gasteiger partial charge on any atom is -0.497 e. The molecule has 4 rings (SSSR count). The topological polar surface area (TPSA) is 68.2 Å². The summed E-state index contributed by atoms with van der Waals surface area (Å²) in [4.78, 5) is 24.5. The summed E-state index contributed by atoms with van der Waals surface area (Å²) in [5.74, 6) is 0.800. The Bertz CT molecular complexity index is 1150. The van der Waals surface area contributed by atoms with Gasteiger partial charge in [0.1, 0.15) is 11.5 Å². The van der Waals surface area contributed by atoms with Gasteiger partial charge in [0.15, 0.2) is 12.9 Å². The first kappa shape index (κ1) is 21.8. The van der Waals surface area contributed by atoms with Crippen LogP contribution >= 0.6 is 15.9 Å². The first-order valence-corrected chi connectivity index (χ1v) is 10.8. The molecule has 32 heavy (non-hydrogen) atoms. The number of rotatable bonds is 7. The maximum absolute atomic E-state index is 13.1. The highest BCUT2D eigenvalue weighted by Gasteiger charge is 2.33. The van der Waals surface area contributed by atoms with E-state index in [0.29, 0.717) is 24.0 Å². The lowest BCUT2D eigenvalue weighted by molar-refractivity contribution is -0.135. The van der Waals surface area contributed by atoms with Gasteiger partial charge in [0.2, 0.25) is 0 Å². The Kier molecular flexibility index (Phi) is 6.66. The molecule has 7 heteroatoms. The average Bonchev–Trinajstić information content (AvgIpc) is 3.29. The fourth-order valence-electron chi connectivity index (χ4n) is 3.58. The van der Waals surface area contributed by atoms with E-state index in [-0.39, 0.29) is 18.6 Å². The van der Waals surface area contributed by atoms with E-state index in [9.17, 15) is 9.59 Å². The van der Waals surface area contributed by atoms with Gasteiger partial charge in [0, 0.05) is 10.9 Å². The molecule has 1 unspecified atom stereocenters. The molecule has 0 aromatic heterocycles. The number of halogens is 1. The molecule has 0 bridgehead atoms. The Labute approximate surface area is 194 Å². The van der Waals surface area contributed by atoms with E-state index in [1.165, 1.54) is 5.01 Å². The van der Waals surface area contributed by atoms with Crippen molar-refractivity contribution in [2.75, 3.05) is 13.7 Å². The number of methoxy groups -OCH3 is 1. The molecule has 1 amide bonds. The smallest absolute Gasteiger partial charge is 0.281 e. The number of amides is 1. The molecule has 0 fully saturated rings. The minimum absolute atomic E-state index is 0.235. The third-order valence-corrected chi connectivity index (χ3v) is 5.72. The molecular weight excluding hydrogens is 472 g/mol. The van der Waals surface area contributed by atoms with E-state index >= 15 is 0 Å². The van der Waals surface area contributed by atoms with Crippen LogP contribution in [-0.4, -0.2) is 36.6 Å². The fourth-order valence-corrected chi connectivity index (χ4v) is 3.96. The number of aldehydes is 1. The summed E-state index contributed by atoms with van der Waals surface area (Å²) >= 11 is 3.33. The van der Waals surface area contributed by atoms with E-state index in [1.54, 1.807) is 25.3 Å². The molecule has 3 aromatic rings. The van der Waals surface area contributed by atoms with Crippen molar-refractivity contribution in [2.24, 2.45) is 5.10 Å². The zero-order valence-corrected chi connectivity index (χ0v) is 19.0. The van der Waals surface area contributed by atoms with E-state index in [2.05, 4.69) is 21.0 Å². The second kappa shape index (κ2) is 9.78. The second-order valence-electron chi connectivity index (χ2n) is 7.23. The molecule has 162 valence electrons. The standard InChI is InChI=1S/C25H21BrN2O4/c1-31-21-10-7-18(8-11-21)23-14-22(17-5-3-2-4-6-17)27-28(23)25(30)16-32-24-12-9-20(26)13-19(24)15-29/h2-13,15,23H,14,16H2,1H3. The van der Waals surface area contributed by atoms with Crippen molar-refractivity contribution in [3.63, 3.8) is 0 Å². The van der Waals surface area contributed by atoms with Crippen molar-refractivity contribution in [3.05, 3.63) is 94.0 Å². The highest BCUT2D eigenvalue weighted by atomic mass is 79.9. The molecule has 0 radical (unpaired) electrons. The SMILES string of the molecule is COc1ccc(C2CC(c3ccccc3)=NN2C(=O)COc2ccc(Br)cc2C=O)cc1. The Hall–Kier alpha value is -3.45. The summed E-state index contributed by atoms with van der Waals surface area (Å²) in [6.45, 7) is -0.235. The molecular formula is C25H21BrN2O4. The number of carbonyl (C=O) groups is 2. The zero-order valence-electron chi connectivity index (χ0n) is 17.4. The monoisotopic (exact) mass is 492 g/mol. The maximum atomic E-state index is 13.1. The van der Waals surface area contributed by atoms with Gasteiger partial charge in [-0.15, -0.1) is 0 Å². The molecule has 6 nitrogen and oxygen atoms in total. The van der Waals surface area contributed by atoms with Crippen LogP contribution in [0.15, 0.2) is 82.4 Å². The number of hydrazone groups is 1. The molecule has 0 saturated heterocycles. The van der Waals surface area contributed by atoms with Gasteiger partial charge >= 0.3 is 0 Å². The van der Waals surface area contributed by atoms with Crippen molar-refractivity contribution in [1.82, 2.24) is 5.01 Å². The highest BCUT2D eigenvalue weighted by Crippen LogP contribution is 2.34. The second-order valence-corrected chi connectivity index (χ2v) is 8.15. The van der Waals surface area contributed by atoms with Crippen LogP contribution < -0.4 is 9.47 Å². The number of carbonyl (C=O) groups excluding carboxylic acids is 2. The summed E-state index contributed by atoms with van der Waals surface area (Å²) in [7, 11) is 1.62. The van der Waals surface area contributed by atoms with Crippen molar-refractivity contribution in [2.45, 2.75) is 12.5 Å². The van der Waals surface area contributed by atoms with Crippen LogP contribution in [0.2, 0.25) is 0 Å². The molecule has 0 spiro atoms. The summed E-state index contributed by atoms with van der Waals surface area (Å²) in [6, 6.07) is 22.2. The number of nitrogens with zero attached hydrogens (tertiary/aromatic N) is 2. The van der Waals surface area contributed by atoms with E-state index < -0.39 is 0 Å². The third kappa shape index (κ3) is 4.73. The molecule has 1 aliphatic rings. The van der Waals surface area contributed by atoms with Crippen LogP contribution in [0.4, 0.5) is 0 Å². The number of hydrogen-bond donors (Lipinski definition) is 0. The van der Waals surface area contributed by atoms with Crippen LogP contribution in [0.3, 0.4) is 0 Å². The number of hydrogen-bond acceptors (Lipinski definition) is 5. The molecule has 1 aliphatic heterocycles. The minimum atomic E-state index is -0.295. The van der Waals surface area contributed by atoms with Crippen LogP contribution in [-0.2, 0) is 4.79 Å². The first-order valence-electron chi connectivity index (χ1n) is 10.1. The van der Waals surface area contributed by atoms with Crippen LogP contribution in [0, 0.1) is 0 Å². The molecule has 1 heterocycles. The van der Waals surface area contributed by atoms with Crippen molar-refractivity contribution < 1.29 is 19.1 Å². The van der Waals surface area contributed by atoms with Gasteiger partial charge in [0.05, 0.1) is 24.4 Å². The van der Waals surface area contributed by atoms with Crippen LogP contribution in [0.25, 0.3) is 0 Å². The quantitative estimate of drug-likeness (QED) is 0.434. The fraction of sp³-hybridized carbons (Fsp3) is 0.160. The average molecular weight is 493 g/mol. The summed E-state index contributed by atoms with van der Waals surface area (Å²) < 4.78 is 11.7. The van der Waals surface area contributed by atoms with Gasteiger partial charge in [0.25, 0.3) is 5.91 Å². The maximum Gasteiger partial charge on any atom is 0.281 e. The molecule has 3 aromatic carbocycles. The molecule has 0 N–H and O–H groups in total. The molecule has 0 aliphatic carbocycles. The number of ether oxygens (including phenoxy) is 2. The van der Waals surface area contributed by atoms with Gasteiger partial charge in [-0.25, -0.2) is 5.01 Å². The highest BCUT2D eigenvalue weighted by molar-refractivity contribution is 9.10. The van der Waals surface area contributed by atoms with E-state index in [0.717, 1.165) is 27.1 Å². The molecule has 1 atom stereocenters. The Morgan fingerprint density at radius 1 is 1.12 bits per heavy atom. The van der Waals surface area contributed by atoms with E-state index in [1.807, 2.05) is 54.6 Å². The van der Waals surface area contributed by atoms with Gasteiger partial charge < -0.3 is 9.47 Å². The van der Waals surface area contributed by atoms with Gasteiger partial charge in [-0.3, -0.25) is 9.59 Å². The summed E-state index contributed by atoms with van der Waals surface area (Å²) in [5, 5.41) is 6.12. The van der Waals surface area contributed by atoms with Crippen LogP contribution in [0.5, 0.6) is 11.5 Å². The first-order chi connectivity index (χ1) is 15.6. The third-order valence-electron chi connectivity index (χ3n) is 5.22. The van der Waals surface area contributed by atoms with Crippen molar-refractivity contribution in [3.8, 4) is 11.5 Å². The Balaban J connectivity index is 1.58. The largest absolute Gasteiger partial charge is 0.497 e. The van der Waals surface area contributed by atoms with Gasteiger partial charge in [-0.2, -0.15) is 5.10 Å². The molecule has 0 saturated carbocycles. The lowest BCUT2D eigenvalue weighted by atomic mass is 9.98. The van der Waals surface area contributed by atoms with Crippen LogP contribution in [0.1, 0.15) is 33.9 Å². The predicted molar refractivity (Wildman–Crippen MR) is 125 cm³/mol. The normalized spacial score (nSPS) is 15.2. The van der Waals surface area contributed by atoms with Gasteiger partial charge in [-0.05, 0) is 41.5 Å². The number of benzene rings is 3. The van der Waals surface area contributed by atoms with Crippen molar-refractivity contribution >= 4 is 33.8 Å². The lowest BCUT2D eigenvalue weighted by Crippen LogP contribution is -2.31.